The molecule has 0 fully saturated rings. The van der Waals surface area contributed by atoms with Crippen molar-refractivity contribution in [2.24, 2.45) is 0 Å². The van der Waals surface area contributed by atoms with Crippen LogP contribution in [0.3, 0.4) is 0 Å². The largest absolute Gasteiger partial charge is 0.394 e. The molecule has 3 rings (SSSR count). The van der Waals surface area contributed by atoms with E-state index in [4.69, 9.17) is 0 Å². The molecule has 1 aromatic heterocycles. The number of benzene rings is 1. The Morgan fingerprint density at radius 2 is 2.32 bits per heavy atom. The zero-order valence-electron chi connectivity index (χ0n) is 12.5. The zero-order valence-corrected chi connectivity index (χ0v) is 13.3. The third-order valence-corrected chi connectivity index (χ3v) is 4.78. The first-order valence-corrected chi connectivity index (χ1v) is 8.31. The van der Waals surface area contributed by atoms with Crippen molar-refractivity contribution >= 4 is 22.5 Å². The molecule has 1 aromatic carbocycles. The molecule has 2 aromatic rings. The van der Waals surface area contributed by atoms with Crippen LogP contribution in [0.2, 0.25) is 0 Å². The molecule has 0 aliphatic carbocycles. The first kappa shape index (κ1) is 15.0. The Kier molecular flexibility index (Phi) is 4.40. The highest BCUT2D eigenvalue weighted by Gasteiger charge is 2.30. The zero-order chi connectivity index (χ0) is 15.5. The molecule has 0 saturated carbocycles. The van der Waals surface area contributed by atoms with Gasteiger partial charge in [0.2, 0.25) is 0 Å². The van der Waals surface area contributed by atoms with Gasteiger partial charge in [0.15, 0.2) is 5.13 Å². The maximum Gasteiger partial charge on any atom is 0.324 e. The Hall–Kier alpha value is -1.92. The third-order valence-electron chi connectivity index (χ3n) is 3.97. The highest BCUT2D eigenvalue weighted by atomic mass is 32.1. The summed E-state index contributed by atoms with van der Waals surface area (Å²) in [5, 5.41) is 15.1. The Bertz CT molecular complexity index is 671. The predicted octanol–water partition coefficient (Wildman–Crippen LogP) is 2.83. The summed E-state index contributed by atoms with van der Waals surface area (Å²) in [6.07, 6.45) is 1.65. The number of carbonyl (C=O) groups excluding carboxylic acids is 1. The van der Waals surface area contributed by atoms with Gasteiger partial charge in [0.25, 0.3) is 0 Å². The Balaban J connectivity index is 1.77. The van der Waals surface area contributed by atoms with E-state index in [0.717, 1.165) is 24.1 Å². The summed E-state index contributed by atoms with van der Waals surface area (Å²) < 4.78 is 0. The van der Waals surface area contributed by atoms with Crippen LogP contribution in [-0.4, -0.2) is 34.2 Å². The van der Waals surface area contributed by atoms with E-state index in [1.54, 1.807) is 4.90 Å². The number of hydrogen-bond acceptors (Lipinski definition) is 4. The summed E-state index contributed by atoms with van der Waals surface area (Å²) in [5.74, 6) is 0. The van der Waals surface area contributed by atoms with Crippen molar-refractivity contribution in [3.63, 3.8) is 0 Å². The number of carbonyl (C=O) groups is 1. The number of nitrogens with zero attached hydrogens (tertiary/aromatic N) is 2. The standard InChI is InChI=1S/C16H19N3O2S/c1-2-12-10-22-15(17-12)18-16(21)19-8-7-11-5-3-4-6-13(11)14(19)9-20/h3-6,10,14,20H,2,7-9H2,1H3,(H,17,18,21). The van der Waals surface area contributed by atoms with Gasteiger partial charge in [0.1, 0.15) is 0 Å². The van der Waals surface area contributed by atoms with E-state index in [1.165, 1.54) is 16.9 Å². The SMILES string of the molecule is CCc1csc(NC(=O)N2CCc3ccccc3C2CO)n1. The number of aliphatic hydroxyl groups is 1. The van der Waals surface area contributed by atoms with Crippen LogP contribution in [0.15, 0.2) is 29.6 Å². The molecule has 5 nitrogen and oxygen atoms in total. The van der Waals surface area contributed by atoms with Crippen LogP contribution in [0.1, 0.15) is 29.8 Å². The second kappa shape index (κ2) is 6.46. The van der Waals surface area contributed by atoms with Crippen LogP contribution in [0.4, 0.5) is 9.93 Å². The molecule has 2 amide bonds. The number of fused-ring (bicyclic) bond motifs is 1. The van der Waals surface area contributed by atoms with Gasteiger partial charge in [-0.2, -0.15) is 0 Å². The van der Waals surface area contributed by atoms with Crippen LogP contribution in [0.5, 0.6) is 0 Å². The fourth-order valence-electron chi connectivity index (χ4n) is 2.78. The topological polar surface area (TPSA) is 65.5 Å². The lowest BCUT2D eigenvalue weighted by Gasteiger charge is -2.36. The number of urea groups is 1. The summed E-state index contributed by atoms with van der Waals surface area (Å²) in [6.45, 7) is 2.55. The minimum Gasteiger partial charge on any atom is -0.394 e. The van der Waals surface area contributed by atoms with Gasteiger partial charge in [-0.25, -0.2) is 9.78 Å². The second-order valence-electron chi connectivity index (χ2n) is 5.27. The maximum absolute atomic E-state index is 12.5. The lowest BCUT2D eigenvalue weighted by atomic mass is 9.93. The van der Waals surface area contributed by atoms with Gasteiger partial charge < -0.3 is 10.0 Å². The van der Waals surface area contributed by atoms with Crippen molar-refractivity contribution in [2.75, 3.05) is 18.5 Å². The summed E-state index contributed by atoms with van der Waals surface area (Å²) in [5.41, 5.74) is 3.20. The Labute approximate surface area is 133 Å². The molecule has 0 radical (unpaired) electrons. The fraction of sp³-hybridized carbons (Fsp3) is 0.375. The van der Waals surface area contributed by atoms with Crippen LogP contribution in [0.25, 0.3) is 0 Å². The van der Waals surface area contributed by atoms with Crippen LogP contribution in [-0.2, 0) is 12.8 Å². The lowest BCUT2D eigenvalue weighted by molar-refractivity contribution is 0.135. The van der Waals surface area contributed by atoms with Crippen molar-refractivity contribution in [3.05, 3.63) is 46.5 Å². The normalized spacial score (nSPS) is 17.2. The number of nitrogens with one attached hydrogen (secondary N) is 1. The summed E-state index contributed by atoms with van der Waals surface area (Å²) >= 11 is 1.43. The van der Waals surface area contributed by atoms with E-state index in [-0.39, 0.29) is 18.7 Å². The molecule has 0 saturated heterocycles. The monoisotopic (exact) mass is 317 g/mol. The van der Waals surface area contributed by atoms with Crippen LogP contribution < -0.4 is 5.32 Å². The minimum atomic E-state index is -0.296. The number of aryl methyl sites for hydroxylation is 1. The molecule has 0 bridgehead atoms. The smallest absolute Gasteiger partial charge is 0.324 e. The van der Waals surface area contributed by atoms with Gasteiger partial charge >= 0.3 is 6.03 Å². The number of hydrogen-bond donors (Lipinski definition) is 2. The second-order valence-corrected chi connectivity index (χ2v) is 6.13. The van der Waals surface area contributed by atoms with Gasteiger partial charge in [-0.15, -0.1) is 11.3 Å². The van der Waals surface area contributed by atoms with Gasteiger partial charge in [0, 0.05) is 11.9 Å². The maximum atomic E-state index is 12.5. The molecular weight excluding hydrogens is 298 g/mol. The van der Waals surface area contributed by atoms with E-state index in [0.29, 0.717) is 11.7 Å². The molecule has 2 N–H and O–H groups in total. The van der Waals surface area contributed by atoms with E-state index in [2.05, 4.69) is 16.4 Å². The first-order chi connectivity index (χ1) is 10.7. The van der Waals surface area contributed by atoms with Crippen molar-refractivity contribution in [3.8, 4) is 0 Å². The summed E-state index contributed by atoms with van der Waals surface area (Å²) in [6, 6.07) is 7.47. The number of amides is 2. The van der Waals surface area contributed by atoms with Gasteiger partial charge in [-0.1, -0.05) is 31.2 Å². The molecule has 22 heavy (non-hydrogen) atoms. The summed E-state index contributed by atoms with van der Waals surface area (Å²) in [4.78, 5) is 18.6. The van der Waals surface area contributed by atoms with Gasteiger partial charge in [-0.3, -0.25) is 5.32 Å². The first-order valence-electron chi connectivity index (χ1n) is 7.43. The Morgan fingerprint density at radius 3 is 3.05 bits per heavy atom. The predicted molar refractivity (Wildman–Crippen MR) is 87.2 cm³/mol. The van der Waals surface area contributed by atoms with Crippen LogP contribution >= 0.6 is 11.3 Å². The average Bonchev–Trinajstić information content (AvgIpc) is 3.01. The molecule has 0 spiro atoms. The highest BCUT2D eigenvalue weighted by Crippen LogP contribution is 2.30. The molecular formula is C16H19N3O2S. The number of aliphatic hydroxyl groups excluding tert-OH is 1. The average molecular weight is 317 g/mol. The minimum absolute atomic E-state index is 0.0808. The van der Waals surface area contributed by atoms with Crippen molar-refractivity contribution in [1.82, 2.24) is 9.88 Å². The molecule has 1 aliphatic heterocycles. The van der Waals surface area contributed by atoms with E-state index >= 15 is 0 Å². The van der Waals surface area contributed by atoms with Crippen LogP contribution in [0, 0.1) is 0 Å². The quantitative estimate of drug-likeness (QED) is 0.915. The molecule has 1 aliphatic rings. The number of thiazole rings is 1. The molecule has 116 valence electrons. The van der Waals surface area contributed by atoms with Crippen molar-refractivity contribution in [1.29, 1.82) is 0 Å². The van der Waals surface area contributed by atoms with Crippen molar-refractivity contribution in [2.45, 2.75) is 25.8 Å². The number of anilines is 1. The van der Waals surface area contributed by atoms with Gasteiger partial charge in [0.05, 0.1) is 18.3 Å². The lowest BCUT2D eigenvalue weighted by Crippen LogP contribution is -2.43. The van der Waals surface area contributed by atoms with Gasteiger partial charge in [-0.05, 0) is 24.0 Å². The molecule has 1 atom stereocenters. The van der Waals surface area contributed by atoms with E-state index in [1.807, 2.05) is 30.5 Å². The molecule has 1 unspecified atom stereocenters. The summed E-state index contributed by atoms with van der Waals surface area (Å²) in [7, 11) is 0. The number of rotatable bonds is 3. The van der Waals surface area contributed by atoms with Crippen molar-refractivity contribution < 1.29 is 9.90 Å². The molecule has 2 heterocycles. The Morgan fingerprint density at radius 1 is 1.50 bits per heavy atom. The fourth-order valence-corrected chi connectivity index (χ4v) is 3.56. The van der Waals surface area contributed by atoms with E-state index < -0.39 is 0 Å². The number of aromatic nitrogens is 1. The third kappa shape index (κ3) is 2.84. The van der Waals surface area contributed by atoms with E-state index in [9.17, 15) is 9.90 Å². The molecule has 6 heteroatoms. The highest BCUT2D eigenvalue weighted by molar-refractivity contribution is 7.13.